The molecule has 3 nitrogen and oxygen atoms in total. The molecule has 0 bridgehead atoms. The summed E-state index contributed by atoms with van der Waals surface area (Å²) in [5.41, 5.74) is 6.35. The molecule has 2 N–H and O–H groups in total. The Balaban J connectivity index is 1.89. The molecule has 0 unspecified atom stereocenters. The lowest BCUT2D eigenvalue weighted by Gasteiger charge is -2.40. The van der Waals surface area contributed by atoms with Crippen LogP contribution in [0.25, 0.3) is 0 Å². The highest BCUT2D eigenvalue weighted by Gasteiger charge is 2.37. The number of ketones is 1. The topological polar surface area (TPSA) is 52.3 Å². The van der Waals surface area contributed by atoms with Gasteiger partial charge in [-0.3, -0.25) is 4.79 Å². The van der Waals surface area contributed by atoms with Crippen molar-refractivity contribution >= 4 is 5.78 Å². The van der Waals surface area contributed by atoms with E-state index in [4.69, 9.17) is 5.73 Å². The quantitative estimate of drug-likeness (QED) is 0.877. The summed E-state index contributed by atoms with van der Waals surface area (Å²) in [6.45, 7) is 0.511. The third-order valence-corrected chi connectivity index (χ3v) is 3.98. The van der Waals surface area contributed by atoms with E-state index in [0.29, 0.717) is 18.5 Å². The average molecular weight is 301 g/mol. The van der Waals surface area contributed by atoms with Crippen LogP contribution >= 0.6 is 0 Å². The number of Topliss-reactive ketones (excluding diaryl/α,β-unsaturated/α-hetero) is 1. The molecule has 0 saturated heterocycles. The van der Waals surface area contributed by atoms with Gasteiger partial charge in [0.2, 0.25) is 0 Å². The lowest BCUT2D eigenvalue weighted by atomic mass is 9.65. The fourth-order valence-corrected chi connectivity index (χ4v) is 2.65. The third-order valence-electron chi connectivity index (χ3n) is 3.98. The van der Waals surface area contributed by atoms with Gasteiger partial charge in [0.15, 0.2) is 0 Å². The molecule has 116 valence electrons. The van der Waals surface area contributed by atoms with Crippen molar-refractivity contribution in [2.75, 3.05) is 6.54 Å². The van der Waals surface area contributed by atoms with E-state index in [1.807, 2.05) is 0 Å². The van der Waals surface area contributed by atoms with E-state index in [2.05, 4.69) is 4.74 Å². The SMILES string of the molecule is NCC1(CC(=O)Cc2ccc(OC(F)(F)F)cc2)CCC1. The molecule has 1 aliphatic rings. The minimum Gasteiger partial charge on any atom is -0.406 e. The molecular formula is C15H18F3NO2. The van der Waals surface area contributed by atoms with Gasteiger partial charge in [-0.15, -0.1) is 13.2 Å². The molecule has 1 aromatic carbocycles. The second kappa shape index (κ2) is 6.05. The van der Waals surface area contributed by atoms with Crippen LogP contribution < -0.4 is 10.5 Å². The van der Waals surface area contributed by atoms with Gasteiger partial charge in [-0.1, -0.05) is 18.6 Å². The highest BCUT2D eigenvalue weighted by molar-refractivity contribution is 5.81. The monoisotopic (exact) mass is 301 g/mol. The summed E-state index contributed by atoms with van der Waals surface area (Å²) in [7, 11) is 0. The molecule has 0 aliphatic heterocycles. The zero-order valence-electron chi connectivity index (χ0n) is 11.6. The summed E-state index contributed by atoms with van der Waals surface area (Å²) in [6, 6.07) is 5.40. The van der Waals surface area contributed by atoms with E-state index in [0.717, 1.165) is 19.3 Å². The Morgan fingerprint density at radius 1 is 1.24 bits per heavy atom. The lowest BCUT2D eigenvalue weighted by Crippen LogP contribution is -2.39. The molecule has 0 radical (unpaired) electrons. The zero-order chi connectivity index (χ0) is 15.5. The van der Waals surface area contributed by atoms with Crippen LogP contribution in [0.1, 0.15) is 31.2 Å². The van der Waals surface area contributed by atoms with Crippen LogP contribution in [-0.4, -0.2) is 18.7 Å². The number of alkyl halides is 3. The van der Waals surface area contributed by atoms with Gasteiger partial charge >= 0.3 is 6.36 Å². The summed E-state index contributed by atoms with van der Waals surface area (Å²) in [6.07, 6.45) is -0.970. The number of rotatable bonds is 6. The van der Waals surface area contributed by atoms with E-state index in [9.17, 15) is 18.0 Å². The summed E-state index contributed by atoms with van der Waals surface area (Å²) < 4.78 is 39.9. The lowest BCUT2D eigenvalue weighted by molar-refractivity contribution is -0.274. The fourth-order valence-electron chi connectivity index (χ4n) is 2.65. The van der Waals surface area contributed by atoms with Gasteiger partial charge < -0.3 is 10.5 Å². The van der Waals surface area contributed by atoms with E-state index < -0.39 is 6.36 Å². The summed E-state index contributed by atoms with van der Waals surface area (Å²) in [5, 5.41) is 0. The molecule has 0 amide bonds. The first-order valence-electron chi connectivity index (χ1n) is 6.88. The minimum absolute atomic E-state index is 0.0452. The Kier molecular flexibility index (Phi) is 4.56. The molecule has 0 spiro atoms. The van der Waals surface area contributed by atoms with E-state index in [1.165, 1.54) is 24.3 Å². The van der Waals surface area contributed by atoms with Crippen LogP contribution in [0, 0.1) is 5.41 Å². The Morgan fingerprint density at radius 2 is 1.86 bits per heavy atom. The number of carbonyl (C=O) groups excluding carboxylic acids is 1. The Morgan fingerprint density at radius 3 is 2.29 bits per heavy atom. The molecule has 0 atom stereocenters. The van der Waals surface area contributed by atoms with Gasteiger partial charge in [-0.25, -0.2) is 0 Å². The van der Waals surface area contributed by atoms with Crippen LogP contribution in [-0.2, 0) is 11.2 Å². The molecule has 0 heterocycles. The molecule has 0 aromatic heterocycles. The fraction of sp³-hybridized carbons (Fsp3) is 0.533. The summed E-state index contributed by atoms with van der Waals surface area (Å²) in [4.78, 5) is 12.0. The molecular weight excluding hydrogens is 283 g/mol. The Bertz CT molecular complexity index is 487. The third kappa shape index (κ3) is 4.46. The van der Waals surface area contributed by atoms with Crippen LogP contribution in [0.15, 0.2) is 24.3 Å². The minimum atomic E-state index is -4.70. The second-order valence-electron chi connectivity index (χ2n) is 5.64. The number of carbonyl (C=O) groups is 1. The van der Waals surface area contributed by atoms with Gasteiger partial charge in [0.25, 0.3) is 0 Å². The number of ether oxygens (including phenoxy) is 1. The number of benzene rings is 1. The maximum absolute atomic E-state index is 12.0. The predicted molar refractivity (Wildman–Crippen MR) is 71.8 cm³/mol. The van der Waals surface area contributed by atoms with Gasteiger partial charge in [0.1, 0.15) is 11.5 Å². The van der Waals surface area contributed by atoms with Crippen LogP contribution in [0.2, 0.25) is 0 Å². The highest BCUT2D eigenvalue weighted by atomic mass is 19.4. The van der Waals surface area contributed by atoms with Crippen molar-refractivity contribution in [1.82, 2.24) is 0 Å². The Hall–Kier alpha value is -1.56. The smallest absolute Gasteiger partial charge is 0.406 e. The molecule has 1 aliphatic carbocycles. The Labute approximate surface area is 121 Å². The van der Waals surface area contributed by atoms with Crippen molar-refractivity contribution in [2.24, 2.45) is 11.1 Å². The molecule has 1 fully saturated rings. The zero-order valence-corrected chi connectivity index (χ0v) is 11.6. The first-order valence-corrected chi connectivity index (χ1v) is 6.88. The van der Waals surface area contributed by atoms with E-state index >= 15 is 0 Å². The molecule has 6 heteroatoms. The van der Waals surface area contributed by atoms with Crippen molar-refractivity contribution in [3.63, 3.8) is 0 Å². The second-order valence-corrected chi connectivity index (χ2v) is 5.64. The highest BCUT2D eigenvalue weighted by Crippen LogP contribution is 2.43. The van der Waals surface area contributed by atoms with Gasteiger partial charge in [-0.05, 0) is 42.5 Å². The predicted octanol–water partition coefficient (Wildman–Crippen LogP) is 3.22. The molecule has 1 saturated carbocycles. The van der Waals surface area contributed by atoms with Gasteiger partial charge in [0, 0.05) is 12.8 Å². The molecule has 2 rings (SSSR count). The maximum atomic E-state index is 12.0. The van der Waals surface area contributed by atoms with Gasteiger partial charge in [0.05, 0.1) is 0 Å². The van der Waals surface area contributed by atoms with Crippen molar-refractivity contribution in [3.8, 4) is 5.75 Å². The number of hydrogen-bond acceptors (Lipinski definition) is 3. The first kappa shape index (κ1) is 15.8. The largest absolute Gasteiger partial charge is 0.573 e. The summed E-state index contributed by atoms with van der Waals surface area (Å²) >= 11 is 0. The van der Waals surface area contributed by atoms with E-state index in [-0.39, 0.29) is 23.4 Å². The van der Waals surface area contributed by atoms with Crippen molar-refractivity contribution in [3.05, 3.63) is 29.8 Å². The van der Waals surface area contributed by atoms with Crippen molar-refractivity contribution in [1.29, 1.82) is 0 Å². The number of halogens is 3. The van der Waals surface area contributed by atoms with Crippen LogP contribution in [0.3, 0.4) is 0 Å². The number of hydrogen-bond donors (Lipinski definition) is 1. The van der Waals surface area contributed by atoms with Gasteiger partial charge in [-0.2, -0.15) is 0 Å². The average Bonchev–Trinajstić information content (AvgIpc) is 2.34. The number of nitrogens with two attached hydrogens (primary N) is 1. The normalized spacial score (nSPS) is 17.1. The van der Waals surface area contributed by atoms with Crippen LogP contribution in [0.4, 0.5) is 13.2 Å². The van der Waals surface area contributed by atoms with E-state index in [1.54, 1.807) is 0 Å². The van der Waals surface area contributed by atoms with Crippen LogP contribution in [0.5, 0.6) is 5.75 Å². The standard InChI is InChI=1S/C15H18F3NO2/c16-15(17,18)21-13-4-2-11(3-5-13)8-12(20)9-14(10-19)6-1-7-14/h2-5H,1,6-10,19H2. The van der Waals surface area contributed by atoms with Crippen molar-refractivity contribution < 1.29 is 22.7 Å². The molecule has 1 aromatic rings. The first-order chi connectivity index (χ1) is 9.82. The maximum Gasteiger partial charge on any atom is 0.573 e. The molecule has 21 heavy (non-hydrogen) atoms. The summed E-state index contributed by atoms with van der Waals surface area (Å²) in [5.74, 6) is -0.208. The van der Waals surface area contributed by atoms with Crippen molar-refractivity contribution in [2.45, 2.75) is 38.5 Å².